The lowest BCUT2D eigenvalue weighted by Gasteiger charge is -2.43. The molecule has 1 saturated carbocycles. The van der Waals surface area contributed by atoms with Gasteiger partial charge in [-0.15, -0.1) is 10.2 Å². The maximum absolute atomic E-state index is 11.2. The second kappa shape index (κ2) is 8.52. The molecule has 0 spiro atoms. The van der Waals surface area contributed by atoms with Crippen LogP contribution in [0.5, 0.6) is 0 Å². The molecule has 0 aromatic carbocycles. The number of anilines is 1. The standard InChI is InChI=1S/C20H26N6O2/c1-14(27)23-19-6-4-5-17(24-19)20-25-22-13-26(20)11-2-3-12-28-18-8-7-15(18)16-9-10-21-16/h4-6,9-10,13,15-16,18,21H,2-3,7-8,11-12H2,1H3,(H,23,24,27)/t15-,16?,18-/m1/s1. The van der Waals surface area contributed by atoms with Crippen LogP contribution in [0.25, 0.3) is 11.5 Å². The SMILES string of the molecule is CC(=O)Nc1cccc(-c2nncn2CCCCO[C@@H]2CC[C@@H]2C2C=CN2)n1. The fraction of sp³-hybridized carbons (Fsp3) is 0.500. The summed E-state index contributed by atoms with van der Waals surface area (Å²) in [6.45, 7) is 3.05. The summed E-state index contributed by atoms with van der Waals surface area (Å²) in [5, 5.41) is 14.2. The van der Waals surface area contributed by atoms with E-state index in [0.29, 0.717) is 35.4 Å². The van der Waals surface area contributed by atoms with E-state index in [0.717, 1.165) is 26.0 Å². The molecule has 3 heterocycles. The van der Waals surface area contributed by atoms with Crippen LogP contribution in [0, 0.1) is 5.92 Å². The molecule has 2 aliphatic rings. The Morgan fingerprint density at radius 2 is 2.25 bits per heavy atom. The van der Waals surface area contributed by atoms with Crippen molar-refractivity contribution in [3.63, 3.8) is 0 Å². The van der Waals surface area contributed by atoms with E-state index in [4.69, 9.17) is 4.74 Å². The molecule has 0 saturated heterocycles. The van der Waals surface area contributed by atoms with E-state index in [1.807, 2.05) is 22.9 Å². The minimum absolute atomic E-state index is 0.149. The molecule has 2 aromatic rings. The van der Waals surface area contributed by atoms with E-state index in [2.05, 4.69) is 31.9 Å². The Balaban J connectivity index is 1.25. The number of ether oxygens (including phenoxy) is 1. The molecule has 1 aliphatic heterocycles. The highest BCUT2D eigenvalue weighted by atomic mass is 16.5. The number of unbranched alkanes of at least 4 members (excludes halogenated alkanes) is 1. The third-order valence-electron chi connectivity index (χ3n) is 5.34. The van der Waals surface area contributed by atoms with Crippen molar-refractivity contribution < 1.29 is 9.53 Å². The first-order valence-corrected chi connectivity index (χ1v) is 9.88. The Morgan fingerprint density at radius 1 is 1.36 bits per heavy atom. The Hall–Kier alpha value is -2.74. The Morgan fingerprint density at radius 3 is 2.96 bits per heavy atom. The number of amides is 1. The monoisotopic (exact) mass is 382 g/mol. The molecule has 8 heteroatoms. The van der Waals surface area contributed by atoms with Gasteiger partial charge in [-0.05, 0) is 50.1 Å². The maximum atomic E-state index is 11.2. The predicted molar refractivity (Wildman–Crippen MR) is 105 cm³/mol. The van der Waals surface area contributed by atoms with E-state index in [-0.39, 0.29) is 5.91 Å². The molecular formula is C20H26N6O2. The molecule has 148 valence electrons. The largest absolute Gasteiger partial charge is 0.384 e. The number of carbonyl (C=O) groups excluding carboxylic acids is 1. The van der Waals surface area contributed by atoms with E-state index in [1.165, 1.54) is 19.8 Å². The summed E-state index contributed by atoms with van der Waals surface area (Å²) in [6, 6.07) is 5.99. The van der Waals surface area contributed by atoms with Gasteiger partial charge < -0.3 is 19.9 Å². The van der Waals surface area contributed by atoms with Crippen molar-refractivity contribution in [2.45, 2.75) is 51.3 Å². The van der Waals surface area contributed by atoms with Gasteiger partial charge in [-0.3, -0.25) is 4.79 Å². The highest BCUT2D eigenvalue weighted by Crippen LogP contribution is 2.35. The number of nitrogens with zero attached hydrogens (tertiary/aromatic N) is 4. The van der Waals surface area contributed by atoms with E-state index in [9.17, 15) is 4.79 Å². The van der Waals surface area contributed by atoms with Crippen LogP contribution >= 0.6 is 0 Å². The van der Waals surface area contributed by atoms with Gasteiger partial charge in [-0.2, -0.15) is 0 Å². The molecule has 1 amide bonds. The fourth-order valence-electron chi connectivity index (χ4n) is 3.63. The average molecular weight is 382 g/mol. The van der Waals surface area contributed by atoms with E-state index in [1.54, 1.807) is 12.4 Å². The smallest absolute Gasteiger partial charge is 0.222 e. The van der Waals surface area contributed by atoms with Crippen LogP contribution in [0.1, 0.15) is 32.6 Å². The maximum Gasteiger partial charge on any atom is 0.222 e. The van der Waals surface area contributed by atoms with Gasteiger partial charge in [0.05, 0.1) is 12.1 Å². The van der Waals surface area contributed by atoms with Crippen LogP contribution in [-0.4, -0.2) is 44.4 Å². The number of nitrogens with one attached hydrogen (secondary N) is 2. The van der Waals surface area contributed by atoms with Crippen molar-refractivity contribution in [1.82, 2.24) is 25.1 Å². The second-order valence-corrected chi connectivity index (χ2v) is 7.35. The first-order chi connectivity index (χ1) is 13.7. The molecule has 3 atom stereocenters. The topological polar surface area (TPSA) is 94.0 Å². The predicted octanol–water partition coefficient (Wildman–Crippen LogP) is 2.36. The minimum Gasteiger partial charge on any atom is -0.384 e. The summed E-state index contributed by atoms with van der Waals surface area (Å²) >= 11 is 0. The van der Waals surface area contributed by atoms with Gasteiger partial charge in [-0.1, -0.05) is 6.07 Å². The molecule has 2 N–H and O–H groups in total. The van der Waals surface area contributed by atoms with Gasteiger partial charge in [0.1, 0.15) is 17.8 Å². The summed E-state index contributed by atoms with van der Waals surface area (Å²) in [5.74, 6) is 1.70. The van der Waals surface area contributed by atoms with Crippen LogP contribution in [0.3, 0.4) is 0 Å². The van der Waals surface area contributed by atoms with Crippen molar-refractivity contribution in [2.75, 3.05) is 11.9 Å². The highest BCUT2D eigenvalue weighted by Gasteiger charge is 2.37. The van der Waals surface area contributed by atoms with Gasteiger partial charge in [0, 0.05) is 26.0 Å². The third kappa shape index (κ3) is 4.22. The van der Waals surface area contributed by atoms with Gasteiger partial charge in [0.15, 0.2) is 5.82 Å². The molecule has 2 aromatic heterocycles. The molecule has 4 rings (SSSR count). The zero-order valence-electron chi connectivity index (χ0n) is 16.0. The summed E-state index contributed by atoms with van der Waals surface area (Å²) in [4.78, 5) is 15.7. The molecule has 1 fully saturated rings. The lowest BCUT2D eigenvalue weighted by molar-refractivity contribution is -0.114. The molecule has 1 unspecified atom stereocenters. The Labute approximate surface area is 164 Å². The van der Waals surface area contributed by atoms with Crippen LogP contribution in [0.4, 0.5) is 5.82 Å². The number of hydrogen-bond acceptors (Lipinski definition) is 6. The number of pyridine rings is 1. The number of carbonyl (C=O) groups is 1. The van der Waals surface area contributed by atoms with Crippen molar-refractivity contribution in [1.29, 1.82) is 0 Å². The molecule has 28 heavy (non-hydrogen) atoms. The average Bonchev–Trinajstić information content (AvgIpc) is 3.08. The molecule has 8 nitrogen and oxygen atoms in total. The fourth-order valence-corrected chi connectivity index (χ4v) is 3.63. The molecular weight excluding hydrogens is 356 g/mol. The third-order valence-corrected chi connectivity index (χ3v) is 5.34. The summed E-state index contributed by atoms with van der Waals surface area (Å²) in [6.07, 6.45) is 10.8. The first-order valence-electron chi connectivity index (χ1n) is 9.88. The number of aryl methyl sites for hydroxylation is 1. The molecule has 0 bridgehead atoms. The van der Waals surface area contributed by atoms with Crippen molar-refractivity contribution >= 4 is 11.7 Å². The minimum atomic E-state index is -0.149. The van der Waals surface area contributed by atoms with Gasteiger partial charge in [-0.25, -0.2) is 4.98 Å². The number of hydrogen-bond donors (Lipinski definition) is 2. The van der Waals surface area contributed by atoms with Crippen molar-refractivity contribution in [3.05, 3.63) is 36.8 Å². The highest BCUT2D eigenvalue weighted by molar-refractivity contribution is 5.87. The zero-order valence-corrected chi connectivity index (χ0v) is 16.0. The Kier molecular flexibility index (Phi) is 5.66. The molecule has 1 aliphatic carbocycles. The van der Waals surface area contributed by atoms with Crippen LogP contribution in [-0.2, 0) is 16.1 Å². The van der Waals surface area contributed by atoms with E-state index < -0.39 is 0 Å². The zero-order chi connectivity index (χ0) is 19.3. The van der Waals surface area contributed by atoms with Crippen LogP contribution in [0.15, 0.2) is 36.8 Å². The number of rotatable bonds is 9. The second-order valence-electron chi connectivity index (χ2n) is 7.35. The molecule has 0 radical (unpaired) electrons. The van der Waals surface area contributed by atoms with Gasteiger partial charge in [0.2, 0.25) is 5.91 Å². The lowest BCUT2D eigenvalue weighted by Crippen LogP contribution is -2.49. The summed E-state index contributed by atoms with van der Waals surface area (Å²) in [5.41, 5.74) is 0.693. The number of aromatic nitrogens is 4. The van der Waals surface area contributed by atoms with E-state index >= 15 is 0 Å². The lowest BCUT2D eigenvalue weighted by atomic mass is 9.75. The van der Waals surface area contributed by atoms with Crippen molar-refractivity contribution in [3.8, 4) is 11.5 Å². The van der Waals surface area contributed by atoms with Crippen LogP contribution in [0.2, 0.25) is 0 Å². The van der Waals surface area contributed by atoms with Crippen LogP contribution < -0.4 is 10.6 Å². The summed E-state index contributed by atoms with van der Waals surface area (Å²) in [7, 11) is 0. The quantitative estimate of drug-likeness (QED) is 0.647. The normalized spacial score (nSPS) is 22.8. The first kappa shape index (κ1) is 18.6. The summed E-state index contributed by atoms with van der Waals surface area (Å²) < 4.78 is 8.06. The van der Waals surface area contributed by atoms with Crippen molar-refractivity contribution in [2.24, 2.45) is 5.92 Å². The van der Waals surface area contributed by atoms with Gasteiger partial charge >= 0.3 is 0 Å². The van der Waals surface area contributed by atoms with Gasteiger partial charge in [0.25, 0.3) is 0 Å². The Bertz CT molecular complexity index is 849.